The maximum absolute atomic E-state index is 5.46. The van der Waals surface area contributed by atoms with Gasteiger partial charge in [-0.15, -0.1) is 0 Å². The first-order valence-corrected chi connectivity index (χ1v) is 11.2. The van der Waals surface area contributed by atoms with Crippen LogP contribution in [0.5, 0.6) is 11.5 Å². The number of hydrogen-bond acceptors (Lipinski definition) is 4. The molecule has 4 rings (SSSR count). The summed E-state index contributed by atoms with van der Waals surface area (Å²) in [4.78, 5) is 3.36. The van der Waals surface area contributed by atoms with Gasteiger partial charge >= 0.3 is 0 Å². The molecule has 1 aromatic heterocycles. The minimum Gasteiger partial charge on any atom is -0.493 e. The Morgan fingerprint density at radius 2 is 1.86 bits per heavy atom. The molecule has 1 aliphatic rings. The second-order valence-corrected chi connectivity index (χ2v) is 8.42. The van der Waals surface area contributed by atoms with Crippen LogP contribution in [0.4, 0.5) is 0 Å². The molecule has 0 spiro atoms. The zero-order valence-electron chi connectivity index (χ0n) is 17.0. The van der Waals surface area contributed by atoms with E-state index in [-0.39, 0.29) is 0 Å². The van der Waals surface area contributed by atoms with Crippen molar-refractivity contribution >= 4 is 28.2 Å². The molecule has 29 heavy (non-hydrogen) atoms. The van der Waals surface area contributed by atoms with Gasteiger partial charge in [0, 0.05) is 41.5 Å². The Kier molecular flexibility index (Phi) is 6.47. The lowest BCUT2D eigenvalue weighted by Crippen LogP contribution is -2.33. The van der Waals surface area contributed by atoms with Crippen LogP contribution in [-0.4, -0.2) is 37.5 Å². The molecule has 2 aromatic carbocycles. The predicted molar refractivity (Wildman–Crippen MR) is 123 cm³/mol. The molecule has 0 saturated carbocycles. The molecule has 2 heterocycles. The Labute approximate surface area is 176 Å². The lowest BCUT2D eigenvalue weighted by Gasteiger charge is -2.24. The van der Waals surface area contributed by atoms with Crippen LogP contribution >= 0.6 is 11.8 Å². The maximum Gasteiger partial charge on any atom is 0.162 e. The second kappa shape index (κ2) is 9.42. The Morgan fingerprint density at radius 3 is 2.66 bits per heavy atom. The van der Waals surface area contributed by atoms with Crippen molar-refractivity contribution in [2.75, 3.05) is 26.5 Å². The van der Waals surface area contributed by atoms with Crippen molar-refractivity contribution in [3.8, 4) is 11.5 Å². The molecule has 152 valence electrons. The van der Waals surface area contributed by atoms with E-state index in [0.717, 1.165) is 41.5 Å². The normalized spacial score (nSPS) is 16.6. The molecular formula is C24H28N2O2S. The number of aromatic nitrogens is 1. The molecule has 0 aliphatic carbocycles. The number of benzene rings is 2. The number of hydrogen-bond donors (Lipinski definition) is 2. The van der Waals surface area contributed by atoms with Crippen molar-refractivity contribution in [2.24, 2.45) is 0 Å². The van der Waals surface area contributed by atoms with Gasteiger partial charge in [0.15, 0.2) is 11.5 Å². The van der Waals surface area contributed by atoms with Crippen LogP contribution in [0.15, 0.2) is 54.7 Å². The number of methoxy groups -OCH3 is 2. The van der Waals surface area contributed by atoms with Gasteiger partial charge in [-0.05, 0) is 41.4 Å². The molecule has 0 bridgehead atoms. The van der Waals surface area contributed by atoms with Gasteiger partial charge in [0.25, 0.3) is 0 Å². The molecule has 1 aliphatic heterocycles. The molecule has 0 fully saturated rings. The Balaban J connectivity index is 1.31. The third kappa shape index (κ3) is 4.62. The number of aromatic amines is 1. The van der Waals surface area contributed by atoms with Gasteiger partial charge in [0.05, 0.1) is 14.2 Å². The number of ether oxygens (including phenoxy) is 2. The number of thioether (sulfide) groups is 1. The fourth-order valence-corrected chi connectivity index (χ4v) is 4.95. The molecule has 1 unspecified atom stereocenters. The van der Waals surface area contributed by atoms with E-state index in [0.29, 0.717) is 6.04 Å². The lowest BCUT2D eigenvalue weighted by molar-refractivity contribution is 0.356. The zero-order valence-corrected chi connectivity index (χ0v) is 17.9. The largest absolute Gasteiger partial charge is 0.493 e. The van der Waals surface area contributed by atoms with E-state index >= 15 is 0 Å². The summed E-state index contributed by atoms with van der Waals surface area (Å²) in [6.45, 7) is 0.962. The molecule has 0 radical (unpaired) electrons. The van der Waals surface area contributed by atoms with Gasteiger partial charge in [0.2, 0.25) is 0 Å². The number of H-pyrrole nitrogens is 1. The lowest BCUT2D eigenvalue weighted by atomic mass is 9.94. The van der Waals surface area contributed by atoms with Crippen molar-refractivity contribution in [1.82, 2.24) is 10.3 Å². The Hall–Kier alpha value is -2.37. The third-order valence-corrected chi connectivity index (χ3v) is 6.55. The molecule has 2 N–H and O–H groups in total. The third-order valence-electron chi connectivity index (χ3n) is 5.51. The average molecular weight is 409 g/mol. The molecule has 5 heteroatoms. The number of rotatable bonds is 8. The summed E-state index contributed by atoms with van der Waals surface area (Å²) in [6, 6.07) is 15.4. The first kappa shape index (κ1) is 19.9. The fourth-order valence-electron chi connectivity index (χ4n) is 3.90. The standard InChI is InChI=1S/C24H28N2O2S/c1-27-23-13-21-19(15-26-22(21)14-24(23)28-2)16-29-11-9-20-12-18(8-10-25-20)17-6-4-3-5-7-17/h3-8,13-15,20,25-26H,9-12,16H2,1-2H3. The summed E-state index contributed by atoms with van der Waals surface area (Å²) in [6.07, 6.45) is 6.71. The molecule has 3 aromatic rings. The second-order valence-electron chi connectivity index (χ2n) is 7.31. The maximum atomic E-state index is 5.46. The smallest absolute Gasteiger partial charge is 0.162 e. The van der Waals surface area contributed by atoms with Gasteiger partial charge in [-0.2, -0.15) is 11.8 Å². The fraction of sp³-hybridized carbons (Fsp3) is 0.333. The van der Waals surface area contributed by atoms with E-state index in [1.165, 1.54) is 28.5 Å². The average Bonchev–Trinajstić information content (AvgIpc) is 3.18. The highest BCUT2D eigenvalue weighted by Gasteiger charge is 2.16. The van der Waals surface area contributed by atoms with E-state index in [9.17, 15) is 0 Å². The summed E-state index contributed by atoms with van der Waals surface area (Å²) in [7, 11) is 3.35. The minimum absolute atomic E-state index is 0.551. The van der Waals surface area contributed by atoms with Crippen LogP contribution in [0, 0.1) is 0 Å². The van der Waals surface area contributed by atoms with Crippen LogP contribution in [-0.2, 0) is 5.75 Å². The molecule has 0 saturated heterocycles. The first-order chi connectivity index (χ1) is 14.3. The minimum atomic E-state index is 0.551. The molecule has 1 atom stereocenters. The molecule has 4 nitrogen and oxygen atoms in total. The van der Waals surface area contributed by atoms with Crippen LogP contribution in [0.25, 0.3) is 16.5 Å². The summed E-state index contributed by atoms with van der Waals surface area (Å²) >= 11 is 1.99. The van der Waals surface area contributed by atoms with Crippen LogP contribution in [0.1, 0.15) is 24.0 Å². The van der Waals surface area contributed by atoms with Gasteiger partial charge in [0.1, 0.15) is 0 Å². The SMILES string of the molecule is COc1cc2[nH]cc(CSCCC3CC(c4ccccc4)=CCN3)c2cc1OC. The van der Waals surface area contributed by atoms with E-state index in [4.69, 9.17) is 9.47 Å². The molecule has 0 amide bonds. The quantitative estimate of drug-likeness (QED) is 0.500. The van der Waals surface area contributed by atoms with Crippen molar-refractivity contribution in [3.05, 3.63) is 65.9 Å². The zero-order chi connectivity index (χ0) is 20.1. The van der Waals surface area contributed by atoms with Crippen LogP contribution in [0.2, 0.25) is 0 Å². The highest BCUT2D eigenvalue weighted by Crippen LogP contribution is 2.34. The Morgan fingerprint density at radius 1 is 1.07 bits per heavy atom. The predicted octanol–water partition coefficient (Wildman–Crippen LogP) is 5.25. The topological polar surface area (TPSA) is 46.3 Å². The molecular weight excluding hydrogens is 380 g/mol. The summed E-state index contributed by atoms with van der Waals surface area (Å²) in [5, 5.41) is 4.85. The van der Waals surface area contributed by atoms with Gasteiger partial charge in [-0.3, -0.25) is 0 Å². The number of fused-ring (bicyclic) bond motifs is 1. The van der Waals surface area contributed by atoms with E-state index < -0.39 is 0 Å². The highest BCUT2D eigenvalue weighted by atomic mass is 32.2. The van der Waals surface area contributed by atoms with E-state index in [2.05, 4.69) is 59.0 Å². The summed E-state index contributed by atoms with van der Waals surface area (Å²) in [5.74, 6) is 3.66. The van der Waals surface area contributed by atoms with Gasteiger partial charge < -0.3 is 19.8 Å². The van der Waals surface area contributed by atoms with Crippen molar-refractivity contribution in [1.29, 1.82) is 0 Å². The summed E-state index contributed by atoms with van der Waals surface area (Å²) in [5.41, 5.74) is 5.23. The van der Waals surface area contributed by atoms with Crippen LogP contribution < -0.4 is 14.8 Å². The van der Waals surface area contributed by atoms with Gasteiger partial charge in [-0.25, -0.2) is 0 Å². The van der Waals surface area contributed by atoms with E-state index in [1.807, 2.05) is 17.8 Å². The van der Waals surface area contributed by atoms with Gasteiger partial charge in [-0.1, -0.05) is 36.4 Å². The monoisotopic (exact) mass is 408 g/mol. The van der Waals surface area contributed by atoms with Crippen LogP contribution in [0.3, 0.4) is 0 Å². The highest BCUT2D eigenvalue weighted by molar-refractivity contribution is 7.98. The van der Waals surface area contributed by atoms with Crippen molar-refractivity contribution < 1.29 is 9.47 Å². The Bertz CT molecular complexity index is 981. The van der Waals surface area contributed by atoms with E-state index in [1.54, 1.807) is 14.2 Å². The number of nitrogens with one attached hydrogen (secondary N) is 2. The first-order valence-electron chi connectivity index (χ1n) is 10.1. The summed E-state index contributed by atoms with van der Waals surface area (Å²) < 4.78 is 10.9. The van der Waals surface area contributed by atoms with Crippen molar-refractivity contribution in [3.63, 3.8) is 0 Å². The van der Waals surface area contributed by atoms with Crippen molar-refractivity contribution in [2.45, 2.75) is 24.6 Å².